The Morgan fingerprint density at radius 1 is 1.08 bits per heavy atom. The third-order valence-electron chi connectivity index (χ3n) is 4.13. The highest BCUT2D eigenvalue weighted by Crippen LogP contribution is 2.20. The largest absolute Gasteiger partial charge is 0.348 e. The van der Waals surface area contributed by atoms with Crippen molar-refractivity contribution in [1.29, 1.82) is 0 Å². The number of hydrogen-bond acceptors (Lipinski definition) is 3. The molecule has 0 fully saturated rings. The first-order valence-corrected chi connectivity index (χ1v) is 9.23. The molecule has 0 spiro atoms. The lowest BCUT2D eigenvalue weighted by atomic mass is 10.1. The van der Waals surface area contributed by atoms with Crippen molar-refractivity contribution in [2.75, 3.05) is 0 Å². The van der Waals surface area contributed by atoms with Crippen LogP contribution in [0.25, 0.3) is 16.9 Å². The van der Waals surface area contributed by atoms with Crippen molar-refractivity contribution in [3.05, 3.63) is 95.1 Å². The molecule has 128 valence electrons. The Kier molecular flexibility index (Phi) is 4.62. The molecule has 0 aliphatic heterocycles. The maximum Gasteiger partial charge on any atom is 0.251 e. The second kappa shape index (κ2) is 7.37. The van der Waals surface area contributed by atoms with Gasteiger partial charge in [0.2, 0.25) is 0 Å². The number of carbonyl (C=O) groups excluding carboxylic acids is 1. The first kappa shape index (κ1) is 16.3. The molecule has 1 N–H and O–H groups in total. The molecule has 0 atom stereocenters. The van der Waals surface area contributed by atoms with Gasteiger partial charge in [0.05, 0.1) is 5.69 Å². The van der Waals surface area contributed by atoms with Gasteiger partial charge in [-0.05, 0) is 65.5 Å². The fourth-order valence-electron chi connectivity index (χ4n) is 2.73. The van der Waals surface area contributed by atoms with E-state index in [0.29, 0.717) is 12.1 Å². The number of hydrogen-bond donors (Lipinski definition) is 1. The van der Waals surface area contributed by atoms with Gasteiger partial charge < -0.3 is 9.88 Å². The van der Waals surface area contributed by atoms with Crippen LogP contribution in [0.5, 0.6) is 0 Å². The molecule has 0 aliphatic carbocycles. The fraction of sp³-hybridized carbons (Fsp3) is 0.0476. The summed E-state index contributed by atoms with van der Waals surface area (Å²) in [5, 5.41) is 7.07. The molecule has 4 aromatic rings. The quantitative estimate of drug-likeness (QED) is 0.569. The zero-order valence-corrected chi connectivity index (χ0v) is 14.8. The molecule has 4 rings (SSSR count). The average molecular weight is 359 g/mol. The van der Waals surface area contributed by atoms with Crippen LogP contribution in [0.3, 0.4) is 0 Å². The van der Waals surface area contributed by atoms with E-state index in [2.05, 4.69) is 15.7 Å². The molecule has 0 radical (unpaired) electrons. The van der Waals surface area contributed by atoms with E-state index in [1.807, 2.05) is 76.9 Å². The highest BCUT2D eigenvalue weighted by Gasteiger charge is 2.07. The Morgan fingerprint density at radius 2 is 1.88 bits per heavy atom. The van der Waals surface area contributed by atoms with Gasteiger partial charge in [-0.15, -0.1) is 0 Å². The Hall–Kier alpha value is -3.18. The van der Waals surface area contributed by atoms with Crippen LogP contribution in [0.4, 0.5) is 0 Å². The normalized spacial score (nSPS) is 10.6. The van der Waals surface area contributed by atoms with E-state index in [1.54, 1.807) is 17.5 Å². The number of amides is 1. The number of thiophene rings is 1. The van der Waals surface area contributed by atoms with Gasteiger partial charge in [-0.2, -0.15) is 11.3 Å². The highest BCUT2D eigenvalue weighted by molar-refractivity contribution is 7.08. The van der Waals surface area contributed by atoms with E-state index in [-0.39, 0.29) is 5.91 Å². The maximum absolute atomic E-state index is 12.4. The first-order chi connectivity index (χ1) is 12.8. The number of benzene rings is 1. The third kappa shape index (κ3) is 3.58. The summed E-state index contributed by atoms with van der Waals surface area (Å²) < 4.78 is 2.00. The molecule has 0 saturated carbocycles. The molecular formula is C21H17N3OS. The summed E-state index contributed by atoms with van der Waals surface area (Å²) in [7, 11) is 0. The van der Waals surface area contributed by atoms with Crippen LogP contribution < -0.4 is 5.32 Å². The second-order valence-corrected chi connectivity index (χ2v) is 6.66. The van der Waals surface area contributed by atoms with Gasteiger partial charge in [-0.1, -0.05) is 0 Å². The number of pyridine rings is 1. The zero-order chi connectivity index (χ0) is 17.8. The molecule has 1 amide bonds. The van der Waals surface area contributed by atoms with Crippen LogP contribution in [0.1, 0.15) is 15.9 Å². The SMILES string of the molecule is O=C(NCc1ccnc(-c2ccsc2)c1)c1ccc(-n2cccc2)cc1. The van der Waals surface area contributed by atoms with Crippen molar-refractivity contribution in [1.82, 2.24) is 14.9 Å². The molecule has 26 heavy (non-hydrogen) atoms. The summed E-state index contributed by atoms with van der Waals surface area (Å²) in [5.41, 5.74) is 4.73. The van der Waals surface area contributed by atoms with Gasteiger partial charge >= 0.3 is 0 Å². The summed E-state index contributed by atoms with van der Waals surface area (Å²) in [6.45, 7) is 0.470. The Balaban J connectivity index is 1.42. The number of nitrogens with one attached hydrogen (secondary N) is 1. The van der Waals surface area contributed by atoms with Crippen LogP contribution in [-0.4, -0.2) is 15.5 Å². The molecule has 3 aromatic heterocycles. The molecule has 0 aliphatic rings. The lowest BCUT2D eigenvalue weighted by molar-refractivity contribution is 0.0951. The molecule has 3 heterocycles. The minimum Gasteiger partial charge on any atom is -0.348 e. The van der Waals surface area contributed by atoms with Gasteiger partial charge in [0.1, 0.15) is 0 Å². The lowest BCUT2D eigenvalue weighted by Crippen LogP contribution is -2.22. The lowest BCUT2D eigenvalue weighted by Gasteiger charge is -2.08. The molecule has 0 unspecified atom stereocenters. The summed E-state index contributed by atoms with van der Waals surface area (Å²) >= 11 is 1.64. The van der Waals surface area contributed by atoms with E-state index in [4.69, 9.17) is 0 Å². The zero-order valence-electron chi connectivity index (χ0n) is 14.0. The fourth-order valence-corrected chi connectivity index (χ4v) is 3.38. The van der Waals surface area contributed by atoms with Crippen LogP contribution in [0.15, 0.2) is 83.9 Å². The summed E-state index contributed by atoms with van der Waals surface area (Å²) in [6, 6.07) is 17.5. The number of rotatable bonds is 5. The monoisotopic (exact) mass is 359 g/mol. The van der Waals surface area contributed by atoms with E-state index >= 15 is 0 Å². The van der Waals surface area contributed by atoms with E-state index in [0.717, 1.165) is 22.5 Å². The van der Waals surface area contributed by atoms with Gasteiger partial charge in [-0.25, -0.2) is 0 Å². The topological polar surface area (TPSA) is 46.9 Å². The van der Waals surface area contributed by atoms with Crippen LogP contribution in [-0.2, 0) is 6.54 Å². The van der Waals surface area contributed by atoms with Gasteiger partial charge in [0, 0.05) is 47.3 Å². The molecule has 5 heteroatoms. The molecular weight excluding hydrogens is 342 g/mol. The van der Waals surface area contributed by atoms with Crippen molar-refractivity contribution < 1.29 is 4.79 Å². The molecule has 0 bridgehead atoms. The third-order valence-corrected chi connectivity index (χ3v) is 4.81. The van der Waals surface area contributed by atoms with Crippen molar-refractivity contribution in [3.63, 3.8) is 0 Å². The smallest absolute Gasteiger partial charge is 0.251 e. The minimum absolute atomic E-state index is 0.0852. The van der Waals surface area contributed by atoms with Crippen LogP contribution >= 0.6 is 11.3 Å². The van der Waals surface area contributed by atoms with E-state index in [1.165, 1.54) is 0 Å². The predicted octanol–water partition coefficient (Wildman–Crippen LogP) is 4.53. The van der Waals surface area contributed by atoms with Crippen LogP contribution in [0.2, 0.25) is 0 Å². The highest BCUT2D eigenvalue weighted by atomic mass is 32.1. The van der Waals surface area contributed by atoms with Crippen molar-refractivity contribution in [2.45, 2.75) is 6.54 Å². The summed E-state index contributed by atoms with van der Waals surface area (Å²) in [4.78, 5) is 16.8. The first-order valence-electron chi connectivity index (χ1n) is 8.29. The second-order valence-electron chi connectivity index (χ2n) is 5.88. The Bertz CT molecular complexity index is 990. The van der Waals surface area contributed by atoms with Crippen molar-refractivity contribution in [3.8, 4) is 16.9 Å². The number of carbonyl (C=O) groups is 1. The van der Waals surface area contributed by atoms with Crippen LogP contribution in [0, 0.1) is 0 Å². The summed E-state index contributed by atoms with van der Waals surface area (Å²) in [6.07, 6.45) is 5.73. The number of aromatic nitrogens is 2. The van der Waals surface area contributed by atoms with Gasteiger partial charge in [0.15, 0.2) is 0 Å². The van der Waals surface area contributed by atoms with Crippen molar-refractivity contribution in [2.24, 2.45) is 0 Å². The van der Waals surface area contributed by atoms with E-state index in [9.17, 15) is 4.79 Å². The Labute approximate surface area is 155 Å². The molecule has 0 saturated heterocycles. The van der Waals surface area contributed by atoms with Gasteiger partial charge in [0.25, 0.3) is 5.91 Å². The standard InChI is InChI=1S/C21H17N3OS/c25-21(17-3-5-19(6-4-17)24-10-1-2-11-24)23-14-16-7-9-22-20(13-16)18-8-12-26-15-18/h1-13,15H,14H2,(H,23,25). The van der Waals surface area contributed by atoms with Gasteiger partial charge in [-0.3, -0.25) is 9.78 Å². The Morgan fingerprint density at radius 3 is 2.62 bits per heavy atom. The van der Waals surface area contributed by atoms with Crippen molar-refractivity contribution >= 4 is 17.2 Å². The van der Waals surface area contributed by atoms with E-state index < -0.39 is 0 Å². The average Bonchev–Trinajstić information content (AvgIpc) is 3.40. The number of nitrogens with zero attached hydrogens (tertiary/aromatic N) is 2. The maximum atomic E-state index is 12.4. The predicted molar refractivity (Wildman–Crippen MR) is 104 cm³/mol. The molecule has 4 nitrogen and oxygen atoms in total. The molecule has 1 aromatic carbocycles. The minimum atomic E-state index is -0.0852. The summed E-state index contributed by atoms with van der Waals surface area (Å²) in [5.74, 6) is -0.0852.